The Bertz CT molecular complexity index is 362. The van der Waals surface area contributed by atoms with Gasteiger partial charge in [-0.2, -0.15) is 0 Å². The molecule has 1 N–H and O–H groups in total. The van der Waals surface area contributed by atoms with Gasteiger partial charge in [0.25, 0.3) is 0 Å². The van der Waals surface area contributed by atoms with Crippen LogP contribution in [-0.4, -0.2) is 24.1 Å². The van der Waals surface area contributed by atoms with Crippen molar-refractivity contribution >= 4 is 0 Å². The van der Waals surface area contributed by atoms with Gasteiger partial charge in [-0.05, 0) is 25.8 Å². The van der Waals surface area contributed by atoms with Crippen LogP contribution in [0.25, 0.3) is 0 Å². The molecule has 100 valence electrons. The molecular weight excluding hydrogens is 226 g/mol. The third-order valence-corrected chi connectivity index (χ3v) is 3.86. The fourth-order valence-electron chi connectivity index (χ4n) is 2.95. The number of aromatic nitrogens is 2. The highest BCUT2D eigenvalue weighted by Gasteiger charge is 2.26. The summed E-state index contributed by atoms with van der Waals surface area (Å²) in [6.45, 7) is 0. The van der Waals surface area contributed by atoms with E-state index in [0.29, 0.717) is 11.8 Å². The molecule has 4 nitrogen and oxygen atoms in total. The van der Waals surface area contributed by atoms with Crippen molar-refractivity contribution in [1.82, 2.24) is 15.3 Å². The van der Waals surface area contributed by atoms with Crippen molar-refractivity contribution in [3.8, 4) is 5.88 Å². The van der Waals surface area contributed by atoms with E-state index in [9.17, 15) is 0 Å². The number of hydrogen-bond acceptors (Lipinski definition) is 4. The average molecular weight is 249 g/mol. The van der Waals surface area contributed by atoms with Gasteiger partial charge in [0.15, 0.2) is 0 Å². The molecule has 0 amide bonds. The highest BCUT2D eigenvalue weighted by molar-refractivity contribution is 5.22. The minimum atomic E-state index is 0.256. The van der Waals surface area contributed by atoms with Crippen molar-refractivity contribution < 1.29 is 4.74 Å². The lowest BCUT2D eigenvalue weighted by atomic mass is 9.90. The maximum Gasteiger partial charge on any atom is 0.237 e. The minimum absolute atomic E-state index is 0.256. The Hall–Kier alpha value is -1.16. The Morgan fingerprint density at radius 1 is 1.17 bits per heavy atom. The van der Waals surface area contributed by atoms with Gasteiger partial charge in [-0.25, -0.2) is 4.98 Å². The van der Waals surface area contributed by atoms with Gasteiger partial charge < -0.3 is 10.1 Å². The number of nitrogens with zero attached hydrogens (tertiary/aromatic N) is 2. The molecule has 0 aliphatic heterocycles. The summed E-state index contributed by atoms with van der Waals surface area (Å²) in [6.07, 6.45) is 11.4. The molecule has 0 radical (unpaired) electrons. The van der Waals surface area contributed by atoms with Crippen LogP contribution >= 0.6 is 0 Å². The Morgan fingerprint density at radius 3 is 2.44 bits per heavy atom. The van der Waals surface area contributed by atoms with Crippen LogP contribution in [0.5, 0.6) is 5.88 Å². The lowest BCUT2D eigenvalue weighted by Gasteiger charge is -2.25. The van der Waals surface area contributed by atoms with Crippen LogP contribution in [0.3, 0.4) is 0 Å². The molecule has 1 aliphatic rings. The summed E-state index contributed by atoms with van der Waals surface area (Å²) < 4.78 is 5.34. The van der Waals surface area contributed by atoms with Crippen LogP contribution in [0, 0.1) is 5.92 Å². The smallest absolute Gasteiger partial charge is 0.237 e. The lowest BCUT2D eigenvalue weighted by molar-refractivity contribution is 0.314. The van der Waals surface area contributed by atoms with Crippen molar-refractivity contribution in [2.45, 2.75) is 44.6 Å². The van der Waals surface area contributed by atoms with Crippen molar-refractivity contribution in [3.05, 3.63) is 18.1 Å². The van der Waals surface area contributed by atoms with E-state index < -0.39 is 0 Å². The summed E-state index contributed by atoms with van der Waals surface area (Å²) in [7, 11) is 3.66. The van der Waals surface area contributed by atoms with Gasteiger partial charge >= 0.3 is 0 Å². The van der Waals surface area contributed by atoms with Crippen molar-refractivity contribution in [2.75, 3.05) is 14.2 Å². The molecule has 1 aromatic heterocycles. The first-order chi connectivity index (χ1) is 8.86. The second-order valence-corrected chi connectivity index (χ2v) is 4.97. The highest BCUT2D eigenvalue weighted by atomic mass is 16.5. The summed E-state index contributed by atoms with van der Waals surface area (Å²) in [5.74, 6) is 1.30. The van der Waals surface area contributed by atoms with Crippen LogP contribution in [0.2, 0.25) is 0 Å². The van der Waals surface area contributed by atoms with E-state index in [0.717, 1.165) is 5.69 Å². The van der Waals surface area contributed by atoms with Crippen LogP contribution < -0.4 is 10.1 Å². The second kappa shape index (κ2) is 6.69. The standard InChI is InChI=1S/C14H23N3O/c1-15-12(11-7-5-3-4-6-8-11)13-14(18-2)17-10-9-16-13/h9-12,15H,3-8H2,1-2H3. The van der Waals surface area contributed by atoms with E-state index in [2.05, 4.69) is 15.3 Å². The number of ether oxygens (including phenoxy) is 1. The summed E-state index contributed by atoms with van der Waals surface area (Å²) in [4.78, 5) is 8.74. The fourth-order valence-corrected chi connectivity index (χ4v) is 2.95. The molecule has 1 unspecified atom stereocenters. The summed E-state index contributed by atoms with van der Waals surface area (Å²) in [5, 5.41) is 3.41. The quantitative estimate of drug-likeness (QED) is 0.833. The molecule has 18 heavy (non-hydrogen) atoms. The molecule has 4 heteroatoms. The Labute approximate surface area is 109 Å². The number of nitrogens with one attached hydrogen (secondary N) is 1. The topological polar surface area (TPSA) is 47.0 Å². The molecule has 0 saturated heterocycles. The van der Waals surface area contributed by atoms with Gasteiger partial charge in [-0.15, -0.1) is 0 Å². The highest BCUT2D eigenvalue weighted by Crippen LogP contribution is 2.34. The van der Waals surface area contributed by atoms with Crippen LogP contribution in [0.15, 0.2) is 12.4 Å². The third-order valence-electron chi connectivity index (χ3n) is 3.86. The molecule has 1 heterocycles. The third kappa shape index (κ3) is 2.99. The van der Waals surface area contributed by atoms with Gasteiger partial charge in [0.2, 0.25) is 5.88 Å². The first-order valence-electron chi connectivity index (χ1n) is 6.89. The Kier molecular flexibility index (Phi) is 4.93. The molecule has 1 saturated carbocycles. The summed E-state index contributed by atoms with van der Waals surface area (Å²) in [6, 6.07) is 0.256. The predicted octanol–water partition coefficient (Wildman–Crippen LogP) is 2.72. The molecule has 0 spiro atoms. The first kappa shape index (κ1) is 13.3. The summed E-state index contributed by atoms with van der Waals surface area (Å²) in [5.41, 5.74) is 0.953. The van der Waals surface area contributed by atoms with Crippen LogP contribution in [0.1, 0.15) is 50.3 Å². The van der Waals surface area contributed by atoms with Crippen molar-refractivity contribution in [2.24, 2.45) is 5.92 Å². The second-order valence-electron chi connectivity index (χ2n) is 4.97. The van der Waals surface area contributed by atoms with Gasteiger partial charge in [-0.3, -0.25) is 4.98 Å². The zero-order valence-electron chi connectivity index (χ0n) is 11.4. The summed E-state index contributed by atoms with van der Waals surface area (Å²) >= 11 is 0. The van der Waals surface area contributed by atoms with Gasteiger partial charge in [0, 0.05) is 12.4 Å². The number of rotatable bonds is 4. The molecule has 0 aromatic carbocycles. The molecule has 1 atom stereocenters. The van der Waals surface area contributed by atoms with E-state index in [-0.39, 0.29) is 6.04 Å². The molecule has 1 fully saturated rings. The largest absolute Gasteiger partial charge is 0.480 e. The maximum atomic E-state index is 5.34. The predicted molar refractivity (Wildman–Crippen MR) is 71.6 cm³/mol. The Morgan fingerprint density at radius 2 is 1.83 bits per heavy atom. The monoisotopic (exact) mass is 249 g/mol. The molecule has 1 aromatic rings. The lowest BCUT2D eigenvalue weighted by Crippen LogP contribution is -2.26. The van der Waals surface area contributed by atoms with Crippen molar-refractivity contribution in [3.63, 3.8) is 0 Å². The Balaban J connectivity index is 2.20. The minimum Gasteiger partial charge on any atom is -0.480 e. The van der Waals surface area contributed by atoms with Crippen LogP contribution in [-0.2, 0) is 0 Å². The van der Waals surface area contributed by atoms with Gasteiger partial charge in [0.05, 0.1) is 13.2 Å². The first-order valence-corrected chi connectivity index (χ1v) is 6.89. The molecule has 1 aliphatic carbocycles. The van der Waals surface area contributed by atoms with E-state index in [1.165, 1.54) is 38.5 Å². The van der Waals surface area contributed by atoms with E-state index in [1.807, 2.05) is 7.05 Å². The zero-order chi connectivity index (χ0) is 12.8. The number of methoxy groups -OCH3 is 1. The van der Waals surface area contributed by atoms with Gasteiger partial charge in [0.1, 0.15) is 5.69 Å². The van der Waals surface area contributed by atoms with E-state index in [4.69, 9.17) is 4.74 Å². The maximum absolute atomic E-state index is 5.34. The normalized spacial score (nSPS) is 19.2. The van der Waals surface area contributed by atoms with E-state index in [1.54, 1.807) is 19.5 Å². The number of hydrogen-bond donors (Lipinski definition) is 1. The van der Waals surface area contributed by atoms with E-state index >= 15 is 0 Å². The fraction of sp³-hybridized carbons (Fsp3) is 0.714. The SMILES string of the molecule is CNC(c1nccnc1OC)C1CCCCCC1. The van der Waals surface area contributed by atoms with Gasteiger partial charge in [-0.1, -0.05) is 25.7 Å². The molecular formula is C14H23N3O. The zero-order valence-corrected chi connectivity index (χ0v) is 11.4. The van der Waals surface area contributed by atoms with Crippen LogP contribution in [0.4, 0.5) is 0 Å². The van der Waals surface area contributed by atoms with Crippen molar-refractivity contribution in [1.29, 1.82) is 0 Å². The molecule has 0 bridgehead atoms. The molecule has 2 rings (SSSR count). The average Bonchev–Trinajstić information content (AvgIpc) is 2.69.